The van der Waals surface area contributed by atoms with Crippen LogP contribution in [0.5, 0.6) is 0 Å². The van der Waals surface area contributed by atoms with Crippen molar-refractivity contribution in [1.29, 1.82) is 0 Å². The summed E-state index contributed by atoms with van der Waals surface area (Å²) in [5.41, 5.74) is 1.17. The average Bonchev–Trinajstić information content (AvgIpc) is 3.31. The SMILES string of the molecule is O=C(c1cc2ncccn2n1)N1CCC(c2nccn2CC2CCC2)CC1. The molecule has 7 nitrogen and oxygen atoms in total. The first-order valence-electron chi connectivity index (χ1n) is 9.88. The lowest BCUT2D eigenvalue weighted by molar-refractivity contribution is 0.0703. The fourth-order valence-electron chi connectivity index (χ4n) is 4.23. The fourth-order valence-corrected chi connectivity index (χ4v) is 4.23. The van der Waals surface area contributed by atoms with E-state index in [-0.39, 0.29) is 5.91 Å². The normalized spacial score (nSPS) is 18.7. The topological polar surface area (TPSA) is 68.3 Å². The zero-order valence-corrected chi connectivity index (χ0v) is 15.4. The molecule has 0 unspecified atom stereocenters. The summed E-state index contributed by atoms with van der Waals surface area (Å²) < 4.78 is 4.00. The quantitative estimate of drug-likeness (QED) is 0.714. The van der Waals surface area contributed by atoms with E-state index in [1.54, 1.807) is 16.8 Å². The standard InChI is InChI=1S/C20H24N6O/c27-20(17-13-18-21-7-2-9-26(18)23-17)24-10-5-16(6-11-24)19-22-8-12-25(19)14-15-3-1-4-15/h2,7-9,12-13,15-16H,1,3-6,10-11,14H2. The second-order valence-corrected chi connectivity index (χ2v) is 7.75. The number of imidazole rings is 1. The van der Waals surface area contributed by atoms with Crippen molar-refractivity contribution in [2.75, 3.05) is 13.1 Å². The lowest BCUT2D eigenvalue weighted by Gasteiger charge is -2.32. The Morgan fingerprint density at radius 1 is 1.07 bits per heavy atom. The smallest absolute Gasteiger partial charge is 0.274 e. The molecular formula is C20H24N6O. The third-order valence-electron chi connectivity index (χ3n) is 6.03. The van der Waals surface area contributed by atoms with Crippen LogP contribution in [0.3, 0.4) is 0 Å². The third kappa shape index (κ3) is 3.11. The highest BCUT2D eigenvalue weighted by Crippen LogP contribution is 2.31. The van der Waals surface area contributed by atoms with Gasteiger partial charge in [0.2, 0.25) is 0 Å². The van der Waals surface area contributed by atoms with Crippen molar-refractivity contribution in [3.63, 3.8) is 0 Å². The summed E-state index contributed by atoms with van der Waals surface area (Å²) in [6.45, 7) is 2.60. The van der Waals surface area contributed by atoms with Gasteiger partial charge in [-0.15, -0.1) is 0 Å². The van der Waals surface area contributed by atoms with Crippen LogP contribution < -0.4 is 0 Å². The lowest BCUT2D eigenvalue weighted by Crippen LogP contribution is -2.38. The summed E-state index contributed by atoms with van der Waals surface area (Å²) in [5.74, 6) is 2.46. The Labute approximate surface area is 158 Å². The number of carbonyl (C=O) groups excluding carboxylic acids is 1. The minimum absolute atomic E-state index is 0.00300. The van der Waals surface area contributed by atoms with Gasteiger partial charge in [0.25, 0.3) is 5.91 Å². The summed E-state index contributed by atoms with van der Waals surface area (Å²) in [6.07, 6.45) is 13.5. The van der Waals surface area contributed by atoms with Crippen molar-refractivity contribution >= 4 is 11.6 Å². The van der Waals surface area contributed by atoms with E-state index < -0.39 is 0 Å². The van der Waals surface area contributed by atoms with Crippen molar-refractivity contribution in [3.05, 3.63) is 48.4 Å². The van der Waals surface area contributed by atoms with Gasteiger partial charge in [-0.3, -0.25) is 4.79 Å². The van der Waals surface area contributed by atoms with Gasteiger partial charge in [0.15, 0.2) is 11.3 Å². The van der Waals surface area contributed by atoms with Crippen LogP contribution in [0, 0.1) is 5.92 Å². The highest BCUT2D eigenvalue weighted by atomic mass is 16.2. The number of fused-ring (bicyclic) bond motifs is 1. The molecule has 0 N–H and O–H groups in total. The minimum Gasteiger partial charge on any atom is -0.337 e. The maximum absolute atomic E-state index is 12.8. The molecule has 1 amide bonds. The zero-order chi connectivity index (χ0) is 18.2. The number of hydrogen-bond acceptors (Lipinski definition) is 4. The number of rotatable bonds is 4. The molecule has 1 aliphatic heterocycles. The molecule has 3 aromatic rings. The number of hydrogen-bond donors (Lipinski definition) is 0. The highest BCUT2D eigenvalue weighted by molar-refractivity contribution is 5.93. The van der Waals surface area contributed by atoms with Crippen LogP contribution in [0.25, 0.3) is 5.65 Å². The molecule has 0 atom stereocenters. The Balaban J connectivity index is 1.25. The first-order valence-corrected chi connectivity index (χ1v) is 9.88. The number of carbonyl (C=O) groups is 1. The van der Waals surface area contributed by atoms with E-state index in [4.69, 9.17) is 0 Å². The molecule has 2 aliphatic rings. The molecule has 2 fully saturated rings. The average molecular weight is 364 g/mol. The summed E-state index contributed by atoms with van der Waals surface area (Å²) in [6, 6.07) is 3.57. The summed E-state index contributed by atoms with van der Waals surface area (Å²) in [5, 5.41) is 4.37. The van der Waals surface area contributed by atoms with Crippen LogP contribution in [0.15, 0.2) is 36.9 Å². The van der Waals surface area contributed by atoms with Gasteiger partial charge in [0, 0.05) is 56.4 Å². The second-order valence-electron chi connectivity index (χ2n) is 7.75. The number of amides is 1. The molecular weight excluding hydrogens is 340 g/mol. The Kier molecular flexibility index (Phi) is 4.14. The largest absolute Gasteiger partial charge is 0.337 e. The van der Waals surface area contributed by atoms with Gasteiger partial charge in [-0.25, -0.2) is 14.5 Å². The second kappa shape index (κ2) is 6.79. The van der Waals surface area contributed by atoms with Crippen molar-refractivity contribution in [2.45, 2.75) is 44.6 Å². The third-order valence-corrected chi connectivity index (χ3v) is 6.03. The molecule has 0 bridgehead atoms. The molecule has 27 heavy (non-hydrogen) atoms. The van der Waals surface area contributed by atoms with Gasteiger partial charge in [-0.2, -0.15) is 5.10 Å². The molecule has 1 aliphatic carbocycles. The predicted octanol–water partition coefficient (Wildman–Crippen LogP) is 2.75. The maximum Gasteiger partial charge on any atom is 0.274 e. The maximum atomic E-state index is 12.8. The van der Waals surface area contributed by atoms with E-state index in [0.29, 0.717) is 17.3 Å². The molecule has 1 saturated carbocycles. The van der Waals surface area contributed by atoms with E-state index in [1.165, 1.54) is 25.1 Å². The molecule has 7 heteroatoms. The number of nitrogens with zero attached hydrogens (tertiary/aromatic N) is 6. The van der Waals surface area contributed by atoms with Gasteiger partial charge in [-0.1, -0.05) is 6.42 Å². The van der Waals surface area contributed by atoms with Crippen molar-refractivity contribution in [2.24, 2.45) is 5.92 Å². The Hall–Kier alpha value is -2.70. The van der Waals surface area contributed by atoms with E-state index >= 15 is 0 Å². The van der Waals surface area contributed by atoms with Crippen molar-refractivity contribution < 1.29 is 4.79 Å². The molecule has 140 valence electrons. The number of likely N-dealkylation sites (tertiary alicyclic amines) is 1. The van der Waals surface area contributed by atoms with Crippen LogP contribution in [-0.2, 0) is 6.54 Å². The zero-order valence-electron chi connectivity index (χ0n) is 15.4. The Morgan fingerprint density at radius 3 is 2.67 bits per heavy atom. The van der Waals surface area contributed by atoms with E-state index in [0.717, 1.165) is 38.4 Å². The summed E-state index contributed by atoms with van der Waals surface area (Å²) in [7, 11) is 0. The monoisotopic (exact) mass is 364 g/mol. The Morgan fingerprint density at radius 2 is 1.93 bits per heavy atom. The van der Waals surface area contributed by atoms with Crippen LogP contribution in [0.1, 0.15) is 54.3 Å². The first kappa shape index (κ1) is 16.5. The molecule has 4 heterocycles. The van der Waals surface area contributed by atoms with Crippen LogP contribution >= 0.6 is 0 Å². The number of piperidine rings is 1. The van der Waals surface area contributed by atoms with Gasteiger partial charge in [0.05, 0.1) is 0 Å². The predicted molar refractivity (Wildman–Crippen MR) is 100 cm³/mol. The molecule has 5 rings (SSSR count). The van der Waals surface area contributed by atoms with Crippen molar-refractivity contribution in [3.8, 4) is 0 Å². The highest BCUT2D eigenvalue weighted by Gasteiger charge is 2.29. The van der Waals surface area contributed by atoms with E-state index in [9.17, 15) is 4.79 Å². The van der Waals surface area contributed by atoms with Gasteiger partial charge in [0.1, 0.15) is 5.82 Å². The number of aromatic nitrogens is 5. The van der Waals surface area contributed by atoms with E-state index in [2.05, 4.69) is 25.8 Å². The van der Waals surface area contributed by atoms with Gasteiger partial charge >= 0.3 is 0 Å². The molecule has 0 radical (unpaired) electrons. The fraction of sp³-hybridized carbons (Fsp3) is 0.500. The Bertz CT molecular complexity index is 915. The molecule has 3 aromatic heterocycles. The molecule has 1 saturated heterocycles. The summed E-state index contributed by atoms with van der Waals surface area (Å²) in [4.78, 5) is 23.6. The van der Waals surface area contributed by atoms with Crippen LogP contribution in [-0.4, -0.2) is 48.0 Å². The van der Waals surface area contributed by atoms with E-state index in [1.807, 2.05) is 23.4 Å². The van der Waals surface area contributed by atoms with Gasteiger partial charge in [-0.05, 0) is 37.7 Å². The minimum atomic E-state index is -0.00300. The van der Waals surface area contributed by atoms with Crippen LogP contribution in [0.2, 0.25) is 0 Å². The van der Waals surface area contributed by atoms with Crippen molar-refractivity contribution in [1.82, 2.24) is 29.0 Å². The van der Waals surface area contributed by atoms with Gasteiger partial charge < -0.3 is 9.47 Å². The molecule has 0 spiro atoms. The van der Waals surface area contributed by atoms with Crippen LogP contribution in [0.4, 0.5) is 0 Å². The lowest BCUT2D eigenvalue weighted by atomic mass is 9.85. The molecule has 0 aromatic carbocycles. The first-order chi connectivity index (χ1) is 13.3. The summed E-state index contributed by atoms with van der Waals surface area (Å²) >= 11 is 0.